The lowest BCUT2D eigenvalue weighted by Crippen LogP contribution is -2.34. The van der Waals surface area contributed by atoms with Gasteiger partial charge in [-0.15, -0.1) is 0 Å². The largest absolute Gasteiger partial charge is 0.481 e. The van der Waals surface area contributed by atoms with Crippen molar-refractivity contribution >= 4 is 11.9 Å². The lowest BCUT2D eigenvalue weighted by molar-refractivity contribution is -0.147. The van der Waals surface area contributed by atoms with Gasteiger partial charge in [0.05, 0.1) is 5.41 Å². The lowest BCUT2D eigenvalue weighted by Gasteiger charge is -2.20. The number of amides is 1. The fourth-order valence-corrected chi connectivity index (χ4v) is 4.28. The monoisotopic (exact) mass is 363 g/mol. The molecule has 1 amide bonds. The third-order valence-corrected chi connectivity index (χ3v) is 6.06. The van der Waals surface area contributed by atoms with Gasteiger partial charge in [0.2, 0.25) is 5.91 Å². The number of nitrogens with zero attached hydrogens (tertiary/aromatic N) is 1. The number of carbonyl (C=O) groups excluding carboxylic acids is 1. The Morgan fingerprint density at radius 2 is 1.89 bits per heavy atom. The molecule has 0 radical (unpaired) electrons. The number of likely N-dealkylation sites (tertiary alicyclic amines) is 1. The molecule has 1 aliphatic carbocycles. The summed E-state index contributed by atoms with van der Waals surface area (Å²) in [4.78, 5) is 25.5. The van der Waals surface area contributed by atoms with Crippen molar-refractivity contribution in [3.8, 4) is 11.1 Å². The summed E-state index contributed by atoms with van der Waals surface area (Å²) in [5, 5.41) is 9.31. The van der Waals surface area contributed by atoms with Crippen molar-refractivity contribution in [2.45, 2.75) is 39.0 Å². The van der Waals surface area contributed by atoms with Crippen LogP contribution >= 0.6 is 0 Å². The molecule has 1 fully saturated rings. The fourth-order valence-electron chi connectivity index (χ4n) is 4.28. The molecular weight excluding hydrogens is 338 g/mol. The van der Waals surface area contributed by atoms with E-state index in [1.165, 1.54) is 27.8 Å². The molecular formula is C23H25NO3. The van der Waals surface area contributed by atoms with Gasteiger partial charge in [0.1, 0.15) is 0 Å². The molecule has 140 valence electrons. The summed E-state index contributed by atoms with van der Waals surface area (Å²) in [5.74, 6) is -0.734. The molecule has 2 aliphatic rings. The molecule has 1 aliphatic heterocycles. The van der Waals surface area contributed by atoms with Crippen molar-refractivity contribution in [1.29, 1.82) is 0 Å². The maximum atomic E-state index is 12.4. The quantitative estimate of drug-likeness (QED) is 0.748. The normalized spacial score (nSPS) is 20.4. The van der Waals surface area contributed by atoms with Gasteiger partial charge in [0.15, 0.2) is 0 Å². The van der Waals surface area contributed by atoms with Gasteiger partial charge in [-0.25, -0.2) is 0 Å². The predicted octanol–water partition coefficient (Wildman–Crippen LogP) is 3.90. The highest BCUT2D eigenvalue weighted by atomic mass is 16.4. The van der Waals surface area contributed by atoms with Crippen LogP contribution in [-0.4, -0.2) is 35.0 Å². The van der Waals surface area contributed by atoms with Gasteiger partial charge in [0.25, 0.3) is 0 Å². The SMILES string of the molecule is CC1(C(=O)O)CCN(C(=O)CCCc2ccc3c(c2)-c2ccccc2C3)C1. The molecule has 0 saturated carbocycles. The Kier molecular flexibility index (Phi) is 4.50. The number of carbonyl (C=O) groups is 2. The van der Waals surface area contributed by atoms with Crippen LogP contribution in [0.5, 0.6) is 0 Å². The van der Waals surface area contributed by atoms with Crippen LogP contribution in [0.4, 0.5) is 0 Å². The molecule has 1 saturated heterocycles. The van der Waals surface area contributed by atoms with Gasteiger partial charge in [-0.2, -0.15) is 0 Å². The first-order chi connectivity index (χ1) is 13.0. The molecule has 4 heteroatoms. The van der Waals surface area contributed by atoms with E-state index in [-0.39, 0.29) is 5.91 Å². The minimum atomic E-state index is -0.809. The number of hydrogen-bond acceptors (Lipinski definition) is 2. The van der Waals surface area contributed by atoms with Gasteiger partial charge < -0.3 is 10.0 Å². The van der Waals surface area contributed by atoms with Crippen LogP contribution in [0.15, 0.2) is 42.5 Å². The molecule has 1 atom stereocenters. The average Bonchev–Trinajstić information content (AvgIpc) is 3.23. The summed E-state index contributed by atoms with van der Waals surface area (Å²) < 4.78 is 0. The van der Waals surface area contributed by atoms with Crippen LogP contribution in [0.3, 0.4) is 0 Å². The average molecular weight is 363 g/mol. The summed E-state index contributed by atoms with van der Waals surface area (Å²) in [6.45, 7) is 2.61. The summed E-state index contributed by atoms with van der Waals surface area (Å²) in [6, 6.07) is 15.2. The molecule has 4 nitrogen and oxygen atoms in total. The first-order valence-corrected chi connectivity index (χ1v) is 9.67. The molecule has 4 rings (SSSR count). The molecule has 0 bridgehead atoms. The van der Waals surface area contributed by atoms with Gasteiger partial charge >= 0.3 is 5.97 Å². The van der Waals surface area contributed by atoms with E-state index in [0.717, 1.165) is 19.3 Å². The van der Waals surface area contributed by atoms with E-state index in [1.54, 1.807) is 11.8 Å². The second-order valence-corrected chi connectivity index (χ2v) is 8.11. The van der Waals surface area contributed by atoms with Crippen LogP contribution in [-0.2, 0) is 22.4 Å². The number of aryl methyl sites for hydroxylation is 1. The summed E-state index contributed by atoms with van der Waals surface area (Å²) in [7, 11) is 0. The fraction of sp³-hybridized carbons (Fsp3) is 0.391. The Labute approximate surface area is 159 Å². The molecule has 2 aromatic rings. The minimum Gasteiger partial charge on any atom is -0.481 e. The number of rotatable bonds is 5. The van der Waals surface area contributed by atoms with Crippen molar-refractivity contribution in [3.05, 3.63) is 59.2 Å². The zero-order valence-corrected chi connectivity index (χ0v) is 15.7. The van der Waals surface area contributed by atoms with E-state index in [4.69, 9.17) is 0 Å². The van der Waals surface area contributed by atoms with Crippen LogP contribution in [0.2, 0.25) is 0 Å². The van der Waals surface area contributed by atoms with Crippen LogP contribution < -0.4 is 0 Å². The lowest BCUT2D eigenvalue weighted by atomic mass is 9.90. The van der Waals surface area contributed by atoms with E-state index in [1.807, 2.05) is 0 Å². The summed E-state index contributed by atoms with van der Waals surface area (Å²) >= 11 is 0. The van der Waals surface area contributed by atoms with Gasteiger partial charge in [0, 0.05) is 19.5 Å². The highest BCUT2D eigenvalue weighted by Crippen LogP contribution is 2.37. The molecule has 0 spiro atoms. The van der Waals surface area contributed by atoms with E-state index in [9.17, 15) is 14.7 Å². The topological polar surface area (TPSA) is 57.6 Å². The maximum absolute atomic E-state index is 12.4. The third kappa shape index (κ3) is 3.36. The van der Waals surface area contributed by atoms with E-state index in [0.29, 0.717) is 25.9 Å². The first kappa shape index (κ1) is 17.8. The van der Waals surface area contributed by atoms with Gasteiger partial charge in [-0.1, -0.05) is 42.5 Å². The molecule has 0 aromatic heterocycles. The Morgan fingerprint density at radius 1 is 1.11 bits per heavy atom. The second kappa shape index (κ2) is 6.84. The van der Waals surface area contributed by atoms with E-state index in [2.05, 4.69) is 42.5 Å². The Morgan fingerprint density at radius 3 is 2.67 bits per heavy atom. The number of carboxylic acids is 1. The van der Waals surface area contributed by atoms with Crippen molar-refractivity contribution < 1.29 is 14.7 Å². The number of aliphatic carboxylic acids is 1. The number of carboxylic acid groups (broad SMARTS) is 1. The zero-order valence-electron chi connectivity index (χ0n) is 15.7. The minimum absolute atomic E-state index is 0.0754. The van der Waals surface area contributed by atoms with Crippen molar-refractivity contribution in [1.82, 2.24) is 4.90 Å². The number of benzene rings is 2. The first-order valence-electron chi connectivity index (χ1n) is 9.67. The van der Waals surface area contributed by atoms with Crippen molar-refractivity contribution in [3.63, 3.8) is 0 Å². The summed E-state index contributed by atoms with van der Waals surface area (Å²) in [6.07, 6.45) is 3.67. The van der Waals surface area contributed by atoms with Gasteiger partial charge in [-0.05, 0) is 60.4 Å². The Hall–Kier alpha value is -2.62. The molecule has 1 heterocycles. The van der Waals surface area contributed by atoms with Gasteiger partial charge in [-0.3, -0.25) is 9.59 Å². The second-order valence-electron chi connectivity index (χ2n) is 8.11. The highest BCUT2D eigenvalue weighted by molar-refractivity contribution is 5.80. The van der Waals surface area contributed by atoms with E-state index < -0.39 is 11.4 Å². The van der Waals surface area contributed by atoms with Crippen LogP contribution in [0.1, 0.15) is 42.9 Å². The highest BCUT2D eigenvalue weighted by Gasteiger charge is 2.41. The van der Waals surface area contributed by atoms with Crippen LogP contribution in [0.25, 0.3) is 11.1 Å². The van der Waals surface area contributed by atoms with E-state index >= 15 is 0 Å². The maximum Gasteiger partial charge on any atom is 0.311 e. The molecule has 1 unspecified atom stereocenters. The standard InChI is InChI=1S/C23H25NO3/c1-23(22(26)27)11-12-24(15-23)21(25)8-4-5-16-9-10-18-14-17-6-2-3-7-19(17)20(18)13-16/h2-3,6-7,9-10,13H,4-5,8,11-12,14-15H2,1H3,(H,26,27). The predicted molar refractivity (Wildman–Crippen MR) is 105 cm³/mol. The third-order valence-electron chi connectivity index (χ3n) is 6.06. The Bertz CT molecular complexity index is 904. The van der Waals surface area contributed by atoms with Crippen LogP contribution in [0, 0.1) is 5.41 Å². The molecule has 1 N–H and O–H groups in total. The Balaban J connectivity index is 1.35. The number of fused-ring (bicyclic) bond motifs is 3. The summed E-state index contributed by atoms with van der Waals surface area (Å²) in [5.41, 5.74) is 5.89. The smallest absolute Gasteiger partial charge is 0.311 e. The zero-order chi connectivity index (χ0) is 19.0. The molecule has 27 heavy (non-hydrogen) atoms. The van der Waals surface area contributed by atoms with Crippen molar-refractivity contribution in [2.75, 3.05) is 13.1 Å². The van der Waals surface area contributed by atoms with Crippen molar-refractivity contribution in [2.24, 2.45) is 5.41 Å². The number of hydrogen-bond donors (Lipinski definition) is 1. The molecule has 2 aromatic carbocycles.